The van der Waals surface area contributed by atoms with Gasteiger partial charge in [0.2, 0.25) is 11.8 Å². The zero-order chi connectivity index (χ0) is 15.0. The van der Waals surface area contributed by atoms with Gasteiger partial charge in [0.15, 0.2) is 0 Å². The lowest BCUT2D eigenvalue weighted by Gasteiger charge is -2.24. The molecule has 0 aliphatic heterocycles. The van der Waals surface area contributed by atoms with E-state index in [1.165, 1.54) is 4.90 Å². The van der Waals surface area contributed by atoms with Crippen LogP contribution >= 0.6 is 0 Å². The molecule has 0 aliphatic rings. The molecule has 2 atom stereocenters. The van der Waals surface area contributed by atoms with E-state index in [-0.39, 0.29) is 11.8 Å². The SMILES string of the molecule is COCCC(N)C(=O)NC(CC(C)C)C(=O)N(C)C. The molecule has 0 rings (SSSR count). The molecule has 2 unspecified atom stereocenters. The number of carbonyl (C=O) groups excluding carboxylic acids is 2. The molecule has 0 radical (unpaired) electrons. The quantitative estimate of drug-likeness (QED) is 0.650. The summed E-state index contributed by atoms with van der Waals surface area (Å²) in [5.41, 5.74) is 5.74. The second-order valence-electron chi connectivity index (χ2n) is 5.31. The fraction of sp³-hybridized carbons (Fsp3) is 0.846. The lowest BCUT2D eigenvalue weighted by molar-refractivity contribution is -0.135. The zero-order valence-electron chi connectivity index (χ0n) is 12.6. The van der Waals surface area contributed by atoms with E-state index in [4.69, 9.17) is 10.5 Å². The molecule has 6 nitrogen and oxygen atoms in total. The van der Waals surface area contributed by atoms with Crippen molar-refractivity contribution in [1.82, 2.24) is 10.2 Å². The Labute approximate surface area is 115 Å². The van der Waals surface area contributed by atoms with E-state index in [1.54, 1.807) is 21.2 Å². The average molecular weight is 273 g/mol. The highest BCUT2D eigenvalue weighted by Crippen LogP contribution is 2.07. The Bertz CT molecular complexity index is 293. The molecule has 0 heterocycles. The summed E-state index contributed by atoms with van der Waals surface area (Å²) in [5.74, 6) is -0.108. The van der Waals surface area contributed by atoms with E-state index >= 15 is 0 Å². The van der Waals surface area contributed by atoms with Gasteiger partial charge in [0.25, 0.3) is 0 Å². The molecule has 2 amide bonds. The van der Waals surface area contributed by atoms with Gasteiger partial charge in [-0.25, -0.2) is 0 Å². The Hall–Kier alpha value is -1.14. The second kappa shape index (κ2) is 8.87. The van der Waals surface area contributed by atoms with Crippen LogP contribution in [0, 0.1) is 5.92 Å². The van der Waals surface area contributed by atoms with Crippen molar-refractivity contribution < 1.29 is 14.3 Å². The van der Waals surface area contributed by atoms with Crippen LogP contribution in [0.2, 0.25) is 0 Å². The third kappa shape index (κ3) is 7.12. The Morgan fingerprint density at radius 2 is 1.89 bits per heavy atom. The first kappa shape index (κ1) is 17.9. The van der Waals surface area contributed by atoms with Gasteiger partial charge >= 0.3 is 0 Å². The molecule has 6 heteroatoms. The molecule has 0 aromatic rings. The van der Waals surface area contributed by atoms with Crippen molar-refractivity contribution in [3.8, 4) is 0 Å². The molecule has 19 heavy (non-hydrogen) atoms. The average Bonchev–Trinajstić information content (AvgIpc) is 2.33. The summed E-state index contributed by atoms with van der Waals surface area (Å²) >= 11 is 0. The predicted octanol–water partition coefficient (Wildman–Crippen LogP) is -0.0307. The lowest BCUT2D eigenvalue weighted by atomic mass is 10.0. The number of methoxy groups -OCH3 is 1. The van der Waals surface area contributed by atoms with E-state index in [0.717, 1.165) is 0 Å². The third-order valence-corrected chi connectivity index (χ3v) is 2.73. The fourth-order valence-corrected chi connectivity index (χ4v) is 1.66. The fourth-order valence-electron chi connectivity index (χ4n) is 1.66. The van der Waals surface area contributed by atoms with Gasteiger partial charge in [0.1, 0.15) is 6.04 Å². The number of hydrogen-bond acceptors (Lipinski definition) is 4. The highest BCUT2D eigenvalue weighted by Gasteiger charge is 2.25. The molecular weight excluding hydrogens is 246 g/mol. The maximum atomic E-state index is 12.0. The standard InChI is InChI=1S/C13H27N3O3/c1-9(2)8-11(13(18)16(3)4)15-12(17)10(14)6-7-19-5/h9-11H,6-8,14H2,1-5H3,(H,15,17). The maximum Gasteiger partial charge on any atom is 0.244 e. The van der Waals surface area contributed by atoms with Gasteiger partial charge in [-0.05, 0) is 18.8 Å². The summed E-state index contributed by atoms with van der Waals surface area (Å²) in [5, 5.41) is 2.73. The molecule has 0 saturated carbocycles. The highest BCUT2D eigenvalue weighted by molar-refractivity contribution is 5.89. The van der Waals surface area contributed by atoms with Crippen molar-refractivity contribution in [2.45, 2.75) is 38.8 Å². The van der Waals surface area contributed by atoms with Crippen molar-refractivity contribution in [2.75, 3.05) is 27.8 Å². The first-order valence-corrected chi connectivity index (χ1v) is 6.55. The van der Waals surface area contributed by atoms with Crippen molar-refractivity contribution >= 4 is 11.8 Å². The van der Waals surface area contributed by atoms with Gasteiger partial charge in [-0.1, -0.05) is 13.8 Å². The largest absolute Gasteiger partial charge is 0.385 e. The van der Waals surface area contributed by atoms with E-state index in [2.05, 4.69) is 5.32 Å². The Morgan fingerprint density at radius 3 is 2.32 bits per heavy atom. The van der Waals surface area contributed by atoms with Crippen molar-refractivity contribution in [3.05, 3.63) is 0 Å². The summed E-state index contributed by atoms with van der Waals surface area (Å²) in [4.78, 5) is 25.4. The molecule has 0 fully saturated rings. The van der Waals surface area contributed by atoms with Crippen LogP contribution in [-0.4, -0.2) is 56.6 Å². The predicted molar refractivity (Wildman–Crippen MR) is 74.5 cm³/mol. The first-order valence-electron chi connectivity index (χ1n) is 6.55. The number of nitrogens with zero attached hydrogens (tertiary/aromatic N) is 1. The van der Waals surface area contributed by atoms with Gasteiger partial charge in [-0.3, -0.25) is 9.59 Å². The second-order valence-corrected chi connectivity index (χ2v) is 5.31. The first-order chi connectivity index (χ1) is 8.79. The van der Waals surface area contributed by atoms with Crippen LogP contribution in [0.25, 0.3) is 0 Å². The molecule has 0 aromatic heterocycles. The minimum Gasteiger partial charge on any atom is -0.385 e. The van der Waals surface area contributed by atoms with Crippen molar-refractivity contribution in [1.29, 1.82) is 0 Å². The molecular formula is C13H27N3O3. The van der Waals surface area contributed by atoms with E-state index in [1.807, 2.05) is 13.8 Å². The lowest BCUT2D eigenvalue weighted by Crippen LogP contribution is -2.51. The molecule has 0 spiro atoms. The number of amides is 2. The molecule has 112 valence electrons. The highest BCUT2D eigenvalue weighted by atomic mass is 16.5. The number of hydrogen-bond donors (Lipinski definition) is 2. The number of rotatable bonds is 8. The van der Waals surface area contributed by atoms with E-state index in [9.17, 15) is 9.59 Å². The Balaban J connectivity index is 4.54. The van der Waals surface area contributed by atoms with Gasteiger partial charge < -0.3 is 20.7 Å². The van der Waals surface area contributed by atoms with Gasteiger partial charge in [-0.15, -0.1) is 0 Å². The maximum absolute atomic E-state index is 12.0. The van der Waals surface area contributed by atoms with Gasteiger partial charge in [0, 0.05) is 27.8 Å². The van der Waals surface area contributed by atoms with Gasteiger partial charge in [-0.2, -0.15) is 0 Å². The van der Waals surface area contributed by atoms with Crippen molar-refractivity contribution in [3.63, 3.8) is 0 Å². The molecule has 3 N–H and O–H groups in total. The molecule has 0 aromatic carbocycles. The summed E-state index contributed by atoms with van der Waals surface area (Å²) in [6, 6.07) is -1.17. The van der Waals surface area contributed by atoms with Crippen LogP contribution in [0.15, 0.2) is 0 Å². The smallest absolute Gasteiger partial charge is 0.244 e. The van der Waals surface area contributed by atoms with Crippen LogP contribution in [0.1, 0.15) is 26.7 Å². The minimum atomic E-state index is -0.649. The molecule has 0 aliphatic carbocycles. The third-order valence-electron chi connectivity index (χ3n) is 2.73. The van der Waals surface area contributed by atoms with Crippen LogP contribution in [0.3, 0.4) is 0 Å². The number of carbonyl (C=O) groups is 2. The van der Waals surface area contributed by atoms with E-state index < -0.39 is 12.1 Å². The van der Waals surface area contributed by atoms with E-state index in [0.29, 0.717) is 25.4 Å². The number of nitrogens with one attached hydrogen (secondary N) is 1. The number of nitrogens with two attached hydrogens (primary N) is 1. The molecule has 0 bridgehead atoms. The van der Waals surface area contributed by atoms with Crippen LogP contribution in [0.5, 0.6) is 0 Å². The Kier molecular flexibility index (Phi) is 8.34. The van der Waals surface area contributed by atoms with Gasteiger partial charge in [0.05, 0.1) is 6.04 Å². The van der Waals surface area contributed by atoms with Crippen LogP contribution in [-0.2, 0) is 14.3 Å². The zero-order valence-corrected chi connectivity index (χ0v) is 12.6. The summed E-state index contributed by atoms with van der Waals surface area (Å²) in [6.07, 6.45) is 1.03. The van der Waals surface area contributed by atoms with Crippen LogP contribution in [0.4, 0.5) is 0 Å². The van der Waals surface area contributed by atoms with Crippen molar-refractivity contribution in [2.24, 2.45) is 11.7 Å². The Morgan fingerprint density at radius 1 is 1.32 bits per heavy atom. The van der Waals surface area contributed by atoms with Crippen LogP contribution < -0.4 is 11.1 Å². The topological polar surface area (TPSA) is 84.7 Å². The summed E-state index contributed by atoms with van der Waals surface area (Å²) < 4.78 is 4.88. The summed E-state index contributed by atoms with van der Waals surface area (Å²) in [7, 11) is 4.90. The monoisotopic (exact) mass is 273 g/mol. The normalized spacial score (nSPS) is 14.1. The number of ether oxygens (including phenoxy) is 1. The number of likely N-dealkylation sites (N-methyl/N-ethyl adjacent to an activating group) is 1. The summed E-state index contributed by atoms with van der Waals surface area (Å²) in [6.45, 7) is 4.44. The molecule has 0 saturated heterocycles. The minimum absolute atomic E-state index is 0.110.